The maximum absolute atomic E-state index is 11.5. The number of methoxy groups -OCH3 is 1. The lowest BCUT2D eigenvalue weighted by Gasteiger charge is -2.17. The average molecular weight is 252 g/mol. The highest BCUT2D eigenvalue weighted by atomic mass is 16.5. The van der Waals surface area contributed by atoms with Crippen LogP contribution in [0.15, 0.2) is 18.5 Å². The fraction of sp³-hybridized carbons (Fsp3) is 0.417. The first kappa shape index (κ1) is 14.0. The zero-order chi connectivity index (χ0) is 13.5. The van der Waals surface area contributed by atoms with Gasteiger partial charge in [0.1, 0.15) is 6.54 Å². The number of anilines is 1. The number of hydrogen-bond acceptors (Lipinski definition) is 6. The van der Waals surface area contributed by atoms with E-state index in [-0.39, 0.29) is 12.5 Å². The van der Waals surface area contributed by atoms with Gasteiger partial charge in [-0.1, -0.05) is 0 Å². The predicted octanol–water partition coefficient (Wildman–Crippen LogP) is 0.867. The topological polar surface area (TPSA) is 68.7 Å². The maximum atomic E-state index is 11.5. The number of pyridine rings is 1. The molecule has 6 nitrogen and oxygen atoms in total. The molecule has 0 saturated heterocycles. The lowest BCUT2D eigenvalue weighted by atomic mass is 10.2. The molecule has 0 amide bonds. The Kier molecular flexibility index (Phi) is 5.10. The number of carbonyl (C=O) groups is 2. The Morgan fingerprint density at radius 2 is 2.11 bits per heavy atom. The van der Waals surface area contributed by atoms with Gasteiger partial charge in [0.2, 0.25) is 0 Å². The van der Waals surface area contributed by atoms with Crippen LogP contribution in [0.2, 0.25) is 0 Å². The van der Waals surface area contributed by atoms with Crippen LogP contribution >= 0.6 is 0 Å². The predicted molar refractivity (Wildman–Crippen MR) is 65.5 cm³/mol. The Balaban J connectivity index is 2.81. The van der Waals surface area contributed by atoms with E-state index in [2.05, 4.69) is 9.72 Å². The standard InChI is InChI=1S/C12H16N2O4/c1-4-18-12(16)9-5-10(7-13-6-9)14(2)8-11(15)17-3/h5-7H,4,8H2,1-3H3. The molecule has 1 heterocycles. The summed E-state index contributed by atoms with van der Waals surface area (Å²) in [5.41, 5.74) is 0.997. The highest BCUT2D eigenvalue weighted by Crippen LogP contribution is 2.13. The molecule has 1 rings (SSSR count). The molecule has 0 aromatic carbocycles. The van der Waals surface area contributed by atoms with Crippen molar-refractivity contribution in [3.63, 3.8) is 0 Å². The number of ether oxygens (including phenoxy) is 2. The lowest BCUT2D eigenvalue weighted by molar-refractivity contribution is -0.138. The Labute approximate surface area is 106 Å². The van der Waals surface area contributed by atoms with Crippen molar-refractivity contribution in [2.75, 3.05) is 32.2 Å². The van der Waals surface area contributed by atoms with Crippen molar-refractivity contribution < 1.29 is 19.1 Å². The second kappa shape index (κ2) is 6.58. The molecule has 0 aliphatic rings. The molecule has 0 fully saturated rings. The van der Waals surface area contributed by atoms with Crippen LogP contribution in [0.5, 0.6) is 0 Å². The Morgan fingerprint density at radius 3 is 2.72 bits per heavy atom. The molecule has 98 valence electrons. The number of nitrogens with zero attached hydrogens (tertiary/aromatic N) is 2. The molecule has 1 aromatic rings. The van der Waals surface area contributed by atoms with Gasteiger partial charge in [0.25, 0.3) is 0 Å². The van der Waals surface area contributed by atoms with E-state index in [1.807, 2.05) is 0 Å². The van der Waals surface area contributed by atoms with Crippen molar-refractivity contribution in [1.29, 1.82) is 0 Å². The quantitative estimate of drug-likeness (QED) is 0.724. The van der Waals surface area contributed by atoms with Crippen LogP contribution in [0.1, 0.15) is 17.3 Å². The van der Waals surface area contributed by atoms with Crippen molar-refractivity contribution in [1.82, 2.24) is 4.98 Å². The minimum atomic E-state index is -0.432. The highest BCUT2D eigenvalue weighted by Gasteiger charge is 2.11. The Hall–Kier alpha value is -2.11. The molecule has 0 unspecified atom stereocenters. The van der Waals surface area contributed by atoms with E-state index in [0.717, 1.165) is 0 Å². The lowest BCUT2D eigenvalue weighted by Crippen LogP contribution is -2.26. The van der Waals surface area contributed by atoms with Crippen molar-refractivity contribution in [3.05, 3.63) is 24.0 Å². The van der Waals surface area contributed by atoms with Crippen LogP contribution in [-0.2, 0) is 14.3 Å². The van der Waals surface area contributed by atoms with Gasteiger partial charge in [-0.2, -0.15) is 0 Å². The first-order valence-corrected chi connectivity index (χ1v) is 5.48. The van der Waals surface area contributed by atoms with Gasteiger partial charge < -0.3 is 14.4 Å². The van der Waals surface area contributed by atoms with Crippen LogP contribution in [0.4, 0.5) is 5.69 Å². The van der Waals surface area contributed by atoms with E-state index in [1.54, 1.807) is 31.1 Å². The Morgan fingerprint density at radius 1 is 1.39 bits per heavy atom. The smallest absolute Gasteiger partial charge is 0.339 e. The fourth-order valence-electron chi connectivity index (χ4n) is 1.31. The Bertz CT molecular complexity index is 434. The second-order valence-corrected chi connectivity index (χ2v) is 3.58. The van der Waals surface area contributed by atoms with E-state index in [4.69, 9.17) is 4.74 Å². The zero-order valence-electron chi connectivity index (χ0n) is 10.7. The molecule has 0 aliphatic carbocycles. The molecule has 18 heavy (non-hydrogen) atoms. The average Bonchev–Trinajstić information content (AvgIpc) is 2.39. The van der Waals surface area contributed by atoms with E-state index in [1.165, 1.54) is 13.3 Å². The number of esters is 2. The summed E-state index contributed by atoms with van der Waals surface area (Å²) in [7, 11) is 3.03. The van der Waals surface area contributed by atoms with Crippen molar-refractivity contribution in [2.24, 2.45) is 0 Å². The van der Waals surface area contributed by atoms with Gasteiger partial charge in [0, 0.05) is 13.2 Å². The zero-order valence-corrected chi connectivity index (χ0v) is 10.7. The van der Waals surface area contributed by atoms with Gasteiger partial charge in [0.05, 0.1) is 31.2 Å². The van der Waals surface area contributed by atoms with Crippen molar-refractivity contribution in [3.8, 4) is 0 Å². The highest BCUT2D eigenvalue weighted by molar-refractivity contribution is 5.90. The van der Waals surface area contributed by atoms with E-state index in [9.17, 15) is 9.59 Å². The van der Waals surface area contributed by atoms with Gasteiger partial charge in [-0.05, 0) is 13.0 Å². The third kappa shape index (κ3) is 3.73. The molecular weight excluding hydrogens is 236 g/mol. The third-order valence-corrected chi connectivity index (χ3v) is 2.27. The van der Waals surface area contributed by atoms with Gasteiger partial charge in [-0.15, -0.1) is 0 Å². The van der Waals surface area contributed by atoms with Crippen LogP contribution in [-0.4, -0.2) is 44.2 Å². The van der Waals surface area contributed by atoms with Crippen LogP contribution in [0.25, 0.3) is 0 Å². The van der Waals surface area contributed by atoms with Gasteiger partial charge in [-0.25, -0.2) is 4.79 Å². The van der Waals surface area contributed by atoms with Crippen LogP contribution in [0, 0.1) is 0 Å². The SMILES string of the molecule is CCOC(=O)c1cncc(N(C)CC(=O)OC)c1. The summed E-state index contributed by atoms with van der Waals surface area (Å²) in [6, 6.07) is 1.62. The summed E-state index contributed by atoms with van der Waals surface area (Å²) < 4.78 is 9.44. The van der Waals surface area contributed by atoms with Crippen molar-refractivity contribution in [2.45, 2.75) is 6.92 Å². The van der Waals surface area contributed by atoms with E-state index < -0.39 is 5.97 Å². The largest absolute Gasteiger partial charge is 0.468 e. The molecule has 0 saturated carbocycles. The maximum Gasteiger partial charge on any atom is 0.339 e. The first-order valence-electron chi connectivity index (χ1n) is 5.48. The molecule has 0 aliphatic heterocycles. The summed E-state index contributed by atoms with van der Waals surface area (Å²) >= 11 is 0. The number of aromatic nitrogens is 1. The number of likely N-dealkylation sites (N-methyl/N-ethyl adjacent to an activating group) is 1. The summed E-state index contributed by atoms with van der Waals surface area (Å²) in [4.78, 5) is 28.3. The molecule has 1 aromatic heterocycles. The second-order valence-electron chi connectivity index (χ2n) is 3.58. The van der Waals surface area contributed by atoms with E-state index >= 15 is 0 Å². The van der Waals surface area contributed by atoms with Gasteiger partial charge in [0.15, 0.2) is 0 Å². The molecular formula is C12H16N2O4. The molecule has 0 bridgehead atoms. The molecule has 0 N–H and O–H groups in total. The molecule has 6 heteroatoms. The minimum absolute atomic E-state index is 0.0878. The van der Waals surface area contributed by atoms with Crippen LogP contribution < -0.4 is 4.90 Å². The summed E-state index contributed by atoms with van der Waals surface area (Å²) in [6.07, 6.45) is 2.99. The molecule has 0 atom stereocenters. The summed E-state index contributed by atoms with van der Waals surface area (Å²) in [5, 5.41) is 0. The third-order valence-electron chi connectivity index (χ3n) is 2.27. The number of carbonyl (C=O) groups excluding carboxylic acids is 2. The number of rotatable bonds is 5. The molecule has 0 spiro atoms. The van der Waals surface area contributed by atoms with Gasteiger partial charge in [-0.3, -0.25) is 9.78 Å². The van der Waals surface area contributed by atoms with Gasteiger partial charge >= 0.3 is 11.9 Å². The van der Waals surface area contributed by atoms with E-state index in [0.29, 0.717) is 17.9 Å². The minimum Gasteiger partial charge on any atom is -0.468 e. The number of hydrogen-bond donors (Lipinski definition) is 0. The van der Waals surface area contributed by atoms with Crippen LogP contribution in [0.3, 0.4) is 0 Å². The van der Waals surface area contributed by atoms with Crippen molar-refractivity contribution >= 4 is 17.6 Å². The summed E-state index contributed by atoms with van der Waals surface area (Å²) in [5.74, 6) is -0.794. The fourth-order valence-corrected chi connectivity index (χ4v) is 1.31. The first-order chi connectivity index (χ1) is 8.58. The molecule has 0 radical (unpaired) electrons. The normalized spacial score (nSPS) is 9.72. The summed E-state index contributed by atoms with van der Waals surface area (Å²) in [6.45, 7) is 2.13. The monoisotopic (exact) mass is 252 g/mol.